The van der Waals surface area contributed by atoms with Crippen molar-refractivity contribution in [1.29, 1.82) is 0 Å². The molecule has 0 radical (unpaired) electrons. The number of hydrogen-bond donors (Lipinski definition) is 0. The first kappa shape index (κ1) is 13.1. The van der Waals surface area contributed by atoms with Crippen LogP contribution in [0.1, 0.15) is 54.9 Å². The van der Waals surface area contributed by atoms with E-state index in [-0.39, 0.29) is 0 Å². The second-order valence-electron chi connectivity index (χ2n) is 5.25. The number of rotatable bonds is 4. The molecule has 1 aliphatic carbocycles. The third kappa shape index (κ3) is 2.92. The van der Waals surface area contributed by atoms with Gasteiger partial charge in [0.25, 0.3) is 0 Å². The van der Waals surface area contributed by atoms with Crippen molar-refractivity contribution in [1.82, 2.24) is 0 Å². The summed E-state index contributed by atoms with van der Waals surface area (Å²) in [6.07, 6.45) is 7.47. The van der Waals surface area contributed by atoms with E-state index >= 15 is 0 Å². The maximum absolute atomic E-state index is 10.7. The lowest BCUT2D eigenvalue weighted by Gasteiger charge is -2.31. The minimum absolute atomic E-state index is 0.351. The molecule has 0 saturated heterocycles. The van der Waals surface area contributed by atoms with Crippen LogP contribution in [0.25, 0.3) is 0 Å². The zero-order valence-corrected chi connectivity index (χ0v) is 11.3. The van der Waals surface area contributed by atoms with Gasteiger partial charge in [-0.25, -0.2) is 0 Å². The number of carbonyl (C=O) groups excluding carboxylic acids is 1. The summed E-state index contributed by atoms with van der Waals surface area (Å²) >= 11 is 0. The van der Waals surface area contributed by atoms with Gasteiger partial charge in [-0.05, 0) is 62.3 Å². The smallest absolute Gasteiger partial charge is 0.150 e. The average Bonchev–Trinajstić information content (AvgIpc) is 2.41. The van der Waals surface area contributed by atoms with Gasteiger partial charge in [-0.15, -0.1) is 0 Å². The van der Waals surface area contributed by atoms with Gasteiger partial charge in [-0.2, -0.15) is 0 Å². The van der Waals surface area contributed by atoms with Gasteiger partial charge >= 0.3 is 0 Å². The Morgan fingerprint density at radius 2 is 2.11 bits per heavy atom. The van der Waals surface area contributed by atoms with Crippen LogP contribution in [0.3, 0.4) is 0 Å². The van der Waals surface area contributed by atoms with E-state index in [1.165, 1.54) is 25.7 Å². The normalized spacial score (nSPS) is 23.7. The van der Waals surface area contributed by atoms with Gasteiger partial charge < -0.3 is 4.74 Å². The minimum Gasteiger partial charge on any atom is -0.490 e. The molecule has 98 valence electrons. The standard InChI is InChI=1S/C16H22O2/c1-3-14-6-4-5-7-16(14)18-15-9-8-13(11-17)10-12(15)2/h8-11,14,16H,3-7H2,1-2H3. The van der Waals surface area contributed by atoms with E-state index in [2.05, 4.69) is 6.92 Å². The Balaban J connectivity index is 2.10. The highest BCUT2D eigenvalue weighted by atomic mass is 16.5. The maximum atomic E-state index is 10.7. The molecule has 0 N–H and O–H groups in total. The van der Waals surface area contributed by atoms with Gasteiger partial charge in [-0.3, -0.25) is 4.79 Å². The molecule has 2 heteroatoms. The first-order chi connectivity index (χ1) is 8.74. The number of hydrogen-bond acceptors (Lipinski definition) is 2. The van der Waals surface area contributed by atoms with Crippen molar-refractivity contribution in [3.8, 4) is 5.75 Å². The topological polar surface area (TPSA) is 26.3 Å². The third-order valence-corrected chi connectivity index (χ3v) is 3.98. The highest BCUT2D eigenvalue weighted by Crippen LogP contribution is 2.31. The molecule has 1 aliphatic rings. The summed E-state index contributed by atoms with van der Waals surface area (Å²) in [5.41, 5.74) is 1.77. The Morgan fingerprint density at radius 1 is 1.33 bits per heavy atom. The Hall–Kier alpha value is -1.31. The van der Waals surface area contributed by atoms with Gasteiger partial charge in [0.15, 0.2) is 0 Å². The van der Waals surface area contributed by atoms with Crippen LogP contribution in [-0.2, 0) is 0 Å². The van der Waals surface area contributed by atoms with E-state index in [0.29, 0.717) is 12.0 Å². The zero-order valence-electron chi connectivity index (χ0n) is 11.3. The lowest BCUT2D eigenvalue weighted by molar-refractivity contribution is 0.0897. The first-order valence-electron chi connectivity index (χ1n) is 6.97. The molecule has 0 spiro atoms. The molecule has 1 saturated carbocycles. The highest BCUT2D eigenvalue weighted by Gasteiger charge is 2.25. The number of aldehydes is 1. The highest BCUT2D eigenvalue weighted by molar-refractivity contribution is 5.75. The van der Waals surface area contributed by atoms with Gasteiger partial charge in [0, 0.05) is 5.56 Å². The summed E-state index contributed by atoms with van der Waals surface area (Å²) in [5, 5.41) is 0. The van der Waals surface area contributed by atoms with Crippen LogP contribution >= 0.6 is 0 Å². The molecule has 2 rings (SSSR count). The van der Waals surface area contributed by atoms with Crippen LogP contribution in [0.2, 0.25) is 0 Å². The van der Waals surface area contributed by atoms with Crippen molar-refractivity contribution in [2.24, 2.45) is 5.92 Å². The SMILES string of the molecule is CCC1CCCCC1Oc1ccc(C=O)cc1C. The fraction of sp³-hybridized carbons (Fsp3) is 0.562. The second kappa shape index (κ2) is 6.03. The maximum Gasteiger partial charge on any atom is 0.150 e. The van der Waals surface area contributed by atoms with Crippen LogP contribution in [0.5, 0.6) is 5.75 Å². The van der Waals surface area contributed by atoms with Crippen molar-refractivity contribution in [3.05, 3.63) is 29.3 Å². The summed E-state index contributed by atoms with van der Waals surface area (Å²) < 4.78 is 6.17. The van der Waals surface area contributed by atoms with Crippen molar-refractivity contribution in [2.45, 2.75) is 52.1 Å². The number of aryl methyl sites for hydroxylation is 1. The van der Waals surface area contributed by atoms with Crippen molar-refractivity contribution < 1.29 is 9.53 Å². The molecule has 1 aromatic rings. The fourth-order valence-corrected chi connectivity index (χ4v) is 2.84. The van der Waals surface area contributed by atoms with E-state index in [1.807, 2.05) is 25.1 Å². The lowest BCUT2D eigenvalue weighted by Crippen LogP contribution is -2.30. The van der Waals surface area contributed by atoms with Gasteiger partial charge in [0.2, 0.25) is 0 Å². The summed E-state index contributed by atoms with van der Waals surface area (Å²) in [7, 11) is 0. The van der Waals surface area contributed by atoms with E-state index in [4.69, 9.17) is 4.74 Å². The Bertz CT molecular complexity index is 412. The van der Waals surface area contributed by atoms with Gasteiger partial charge in [0.05, 0.1) is 0 Å². The summed E-state index contributed by atoms with van der Waals surface area (Å²) in [4.78, 5) is 10.7. The molecule has 2 unspecified atom stereocenters. The van der Waals surface area contributed by atoms with Crippen LogP contribution in [0, 0.1) is 12.8 Å². The Kier molecular flexibility index (Phi) is 4.40. The molecular weight excluding hydrogens is 224 g/mol. The number of carbonyl (C=O) groups is 1. The molecule has 0 aromatic heterocycles. The number of ether oxygens (including phenoxy) is 1. The number of benzene rings is 1. The zero-order chi connectivity index (χ0) is 13.0. The van der Waals surface area contributed by atoms with Crippen LogP contribution in [0.4, 0.5) is 0 Å². The fourth-order valence-electron chi connectivity index (χ4n) is 2.84. The third-order valence-electron chi connectivity index (χ3n) is 3.98. The second-order valence-corrected chi connectivity index (χ2v) is 5.25. The van der Waals surface area contributed by atoms with Gasteiger partial charge in [0.1, 0.15) is 18.1 Å². The van der Waals surface area contributed by atoms with Crippen molar-refractivity contribution in [2.75, 3.05) is 0 Å². The largest absolute Gasteiger partial charge is 0.490 e. The van der Waals surface area contributed by atoms with Crippen LogP contribution in [0.15, 0.2) is 18.2 Å². The molecule has 0 heterocycles. The Morgan fingerprint density at radius 3 is 2.78 bits per heavy atom. The quantitative estimate of drug-likeness (QED) is 0.746. The predicted molar refractivity (Wildman–Crippen MR) is 73.2 cm³/mol. The monoisotopic (exact) mass is 246 g/mol. The minimum atomic E-state index is 0.351. The average molecular weight is 246 g/mol. The molecule has 0 aliphatic heterocycles. The first-order valence-corrected chi connectivity index (χ1v) is 6.97. The van der Waals surface area contributed by atoms with Crippen molar-refractivity contribution >= 4 is 6.29 Å². The summed E-state index contributed by atoms with van der Waals surface area (Å²) in [6.45, 7) is 4.25. The van der Waals surface area contributed by atoms with E-state index in [9.17, 15) is 4.79 Å². The molecule has 1 aromatic carbocycles. The Labute approximate surface area is 109 Å². The molecule has 2 atom stereocenters. The summed E-state index contributed by atoms with van der Waals surface area (Å²) in [6, 6.07) is 5.66. The molecule has 18 heavy (non-hydrogen) atoms. The molecule has 1 fully saturated rings. The predicted octanol–water partition coefficient (Wildman–Crippen LogP) is 4.16. The molecule has 2 nitrogen and oxygen atoms in total. The summed E-state index contributed by atoms with van der Waals surface area (Å²) in [5.74, 6) is 1.62. The van der Waals surface area contributed by atoms with Crippen LogP contribution in [-0.4, -0.2) is 12.4 Å². The molecule has 0 bridgehead atoms. The van der Waals surface area contributed by atoms with Gasteiger partial charge in [-0.1, -0.05) is 13.3 Å². The lowest BCUT2D eigenvalue weighted by atomic mass is 9.84. The van der Waals surface area contributed by atoms with E-state index < -0.39 is 0 Å². The molecular formula is C16H22O2. The van der Waals surface area contributed by atoms with E-state index in [0.717, 1.165) is 29.6 Å². The van der Waals surface area contributed by atoms with Crippen LogP contribution < -0.4 is 4.74 Å². The van der Waals surface area contributed by atoms with E-state index in [1.54, 1.807) is 0 Å². The molecule has 0 amide bonds. The van der Waals surface area contributed by atoms with Crippen molar-refractivity contribution in [3.63, 3.8) is 0 Å².